The van der Waals surface area contributed by atoms with Gasteiger partial charge in [0, 0.05) is 32.0 Å². The number of carbonyl (C=O) groups is 1. The Kier molecular flexibility index (Phi) is 2.23. The highest BCUT2D eigenvalue weighted by Gasteiger charge is 2.13. The van der Waals surface area contributed by atoms with E-state index in [2.05, 4.69) is 0 Å². The molecule has 2 rings (SSSR count). The van der Waals surface area contributed by atoms with Crippen molar-refractivity contribution in [3.8, 4) is 0 Å². The van der Waals surface area contributed by atoms with Gasteiger partial charge in [0.15, 0.2) is 0 Å². The van der Waals surface area contributed by atoms with E-state index in [1.807, 2.05) is 41.9 Å². The average molecular weight is 202 g/mol. The fourth-order valence-electron chi connectivity index (χ4n) is 1.72. The Morgan fingerprint density at radius 3 is 2.53 bits per heavy atom. The van der Waals surface area contributed by atoms with Crippen molar-refractivity contribution in [2.24, 2.45) is 7.05 Å². The zero-order chi connectivity index (χ0) is 11.0. The number of carbonyl (C=O) groups excluding carboxylic acids is 1. The van der Waals surface area contributed by atoms with Crippen molar-refractivity contribution in [1.82, 2.24) is 9.47 Å². The lowest BCUT2D eigenvalue weighted by Crippen LogP contribution is -2.23. The third-order valence-corrected chi connectivity index (χ3v) is 2.58. The molecule has 3 nitrogen and oxygen atoms in total. The van der Waals surface area contributed by atoms with Crippen molar-refractivity contribution < 1.29 is 4.79 Å². The van der Waals surface area contributed by atoms with Crippen LogP contribution in [-0.2, 0) is 7.05 Å². The molecule has 0 saturated heterocycles. The van der Waals surface area contributed by atoms with Crippen molar-refractivity contribution in [1.29, 1.82) is 0 Å². The van der Waals surface area contributed by atoms with Gasteiger partial charge < -0.3 is 9.47 Å². The van der Waals surface area contributed by atoms with Gasteiger partial charge in [0.2, 0.25) is 0 Å². The van der Waals surface area contributed by atoms with E-state index in [1.54, 1.807) is 19.0 Å². The number of aromatic nitrogens is 1. The van der Waals surface area contributed by atoms with Crippen LogP contribution in [0.2, 0.25) is 0 Å². The molecule has 1 heterocycles. The topological polar surface area (TPSA) is 25.2 Å². The van der Waals surface area contributed by atoms with Crippen LogP contribution >= 0.6 is 0 Å². The van der Waals surface area contributed by atoms with Gasteiger partial charge in [-0.3, -0.25) is 4.79 Å². The summed E-state index contributed by atoms with van der Waals surface area (Å²) in [5.74, 6) is 0.0358. The molecule has 1 amide bonds. The van der Waals surface area contributed by atoms with Crippen LogP contribution in [0.3, 0.4) is 0 Å². The van der Waals surface area contributed by atoms with Crippen LogP contribution in [0.1, 0.15) is 10.5 Å². The summed E-state index contributed by atoms with van der Waals surface area (Å²) in [4.78, 5) is 13.4. The first-order valence-corrected chi connectivity index (χ1v) is 4.87. The first-order valence-electron chi connectivity index (χ1n) is 4.87. The first-order chi connectivity index (χ1) is 7.11. The van der Waals surface area contributed by atoms with Crippen LogP contribution in [0.15, 0.2) is 30.3 Å². The highest BCUT2D eigenvalue weighted by molar-refractivity contribution is 5.98. The van der Waals surface area contributed by atoms with E-state index in [0.29, 0.717) is 0 Å². The number of para-hydroxylation sites is 1. The minimum atomic E-state index is 0.0358. The summed E-state index contributed by atoms with van der Waals surface area (Å²) in [6.07, 6.45) is 0. The van der Waals surface area contributed by atoms with E-state index >= 15 is 0 Å². The number of amides is 1. The second-order valence-electron chi connectivity index (χ2n) is 3.85. The van der Waals surface area contributed by atoms with E-state index in [-0.39, 0.29) is 5.91 Å². The Bertz CT molecular complexity index is 511. The number of rotatable bonds is 1. The maximum Gasteiger partial charge on any atom is 0.269 e. The SMILES string of the molecule is CN(C)C(=O)c1cc2ccccc2n1C. The number of aryl methyl sites for hydroxylation is 1. The molecule has 0 fully saturated rings. The van der Waals surface area contributed by atoms with Crippen molar-refractivity contribution in [3.63, 3.8) is 0 Å². The van der Waals surface area contributed by atoms with Gasteiger partial charge in [0.25, 0.3) is 5.91 Å². The third kappa shape index (κ3) is 1.50. The number of nitrogens with zero attached hydrogens (tertiary/aromatic N) is 2. The molecule has 3 heteroatoms. The number of fused-ring (bicyclic) bond motifs is 1. The van der Waals surface area contributed by atoms with Crippen LogP contribution in [0, 0.1) is 0 Å². The molecule has 78 valence electrons. The Labute approximate surface area is 88.9 Å². The van der Waals surface area contributed by atoms with Gasteiger partial charge in [-0.1, -0.05) is 18.2 Å². The van der Waals surface area contributed by atoms with Crippen LogP contribution in [0.4, 0.5) is 0 Å². The van der Waals surface area contributed by atoms with Gasteiger partial charge in [0.05, 0.1) is 0 Å². The maximum absolute atomic E-state index is 11.8. The maximum atomic E-state index is 11.8. The van der Waals surface area contributed by atoms with Crippen LogP contribution in [0.5, 0.6) is 0 Å². The molecule has 0 aliphatic carbocycles. The van der Waals surface area contributed by atoms with Gasteiger partial charge in [0.1, 0.15) is 5.69 Å². The molecule has 15 heavy (non-hydrogen) atoms. The first kappa shape index (κ1) is 9.77. The molecule has 0 N–H and O–H groups in total. The quantitative estimate of drug-likeness (QED) is 0.693. The van der Waals surface area contributed by atoms with Gasteiger partial charge in [-0.25, -0.2) is 0 Å². The summed E-state index contributed by atoms with van der Waals surface area (Å²) < 4.78 is 1.93. The lowest BCUT2D eigenvalue weighted by Gasteiger charge is -2.10. The Morgan fingerprint density at radius 2 is 1.93 bits per heavy atom. The van der Waals surface area contributed by atoms with Crippen molar-refractivity contribution in [3.05, 3.63) is 36.0 Å². The number of benzene rings is 1. The van der Waals surface area contributed by atoms with Crippen LogP contribution < -0.4 is 0 Å². The highest BCUT2D eigenvalue weighted by Crippen LogP contribution is 2.18. The highest BCUT2D eigenvalue weighted by atomic mass is 16.2. The Morgan fingerprint density at radius 1 is 1.27 bits per heavy atom. The molecule has 0 unspecified atom stereocenters. The minimum absolute atomic E-state index is 0.0358. The molecule has 0 aliphatic rings. The van der Waals surface area contributed by atoms with E-state index in [1.165, 1.54) is 0 Å². The lowest BCUT2D eigenvalue weighted by molar-refractivity contribution is 0.0819. The predicted octanol–water partition coefficient (Wildman–Crippen LogP) is 1.88. The van der Waals surface area contributed by atoms with Gasteiger partial charge >= 0.3 is 0 Å². The molecular weight excluding hydrogens is 188 g/mol. The Balaban J connectivity index is 2.63. The molecule has 0 atom stereocenters. The smallest absolute Gasteiger partial charge is 0.269 e. The van der Waals surface area contributed by atoms with E-state index in [0.717, 1.165) is 16.6 Å². The normalized spacial score (nSPS) is 10.6. The molecule has 0 aliphatic heterocycles. The van der Waals surface area contributed by atoms with Gasteiger partial charge in [-0.05, 0) is 12.1 Å². The fraction of sp³-hybridized carbons (Fsp3) is 0.250. The molecule has 0 bridgehead atoms. The van der Waals surface area contributed by atoms with E-state index in [9.17, 15) is 4.79 Å². The van der Waals surface area contributed by atoms with Crippen LogP contribution in [-0.4, -0.2) is 29.5 Å². The standard InChI is InChI=1S/C12H14N2O/c1-13(2)12(15)11-8-9-6-4-5-7-10(9)14(11)3/h4-8H,1-3H3. The van der Waals surface area contributed by atoms with Crippen molar-refractivity contribution in [2.75, 3.05) is 14.1 Å². The monoisotopic (exact) mass is 202 g/mol. The van der Waals surface area contributed by atoms with E-state index in [4.69, 9.17) is 0 Å². The second-order valence-corrected chi connectivity index (χ2v) is 3.85. The number of hydrogen-bond acceptors (Lipinski definition) is 1. The molecule has 0 saturated carbocycles. The largest absolute Gasteiger partial charge is 0.343 e. The van der Waals surface area contributed by atoms with Crippen LogP contribution in [0.25, 0.3) is 10.9 Å². The minimum Gasteiger partial charge on any atom is -0.343 e. The zero-order valence-corrected chi connectivity index (χ0v) is 9.19. The summed E-state index contributed by atoms with van der Waals surface area (Å²) in [5.41, 5.74) is 1.81. The summed E-state index contributed by atoms with van der Waals surface area (Å²) in [5, 5.41) is 1.10. The van der Waals surface area contributed by atoms with Gasteiger partial charge in [-0.15, -0.1) is 0 Å². The zero-order valence-electron chi connectivity index (χ0n) is 9.19. The second kappa shape index (κ2) is 3.42. The Hall–Kier alpha value is -1.77. The summed E-state index contributed by atoms with van der Waals surface area (Å²) >= 11 is 0. The number of hydrogen-bond donors (Lipinski definition) is 0. The predicted molar refractivity (Wildman–Crippen MR) is 60.9 cm³/mol. The fourth-order valence-corrected chi connectivity index (χ4v) is 1.72. The molecular formula is C12H14N2O. The third-order valence-electron chi connectivity index (χ3n) is 2.58. The molecule has 0 spiro atoms. The summed E-state index contributed by atoms with van der Waals surface area (Å²) in [6, 6.07) is 9.92. The lowest BCUT2D eigenvalue weighted by atomic mass is 10.2. The summed E-state index contributed by atoms with van der Waals surface area (Å²) in [6.45, 7) is 0. The molecule has 0 radical (unpaired) electrons. The van der Waals surface area contributed by atoms with Crippen molar-refractivity contribution in [2.45, 2.75) is 0 Å². The summed E-state index contributed by atoms with van der Waals surface area (Å²) in [7, 11) is 5.44. The van der Waals surface area contributed by atoms with Crippen molar-refractivity contribution >= 4 is 16.8 Å². The molecule has 1 aromatic heterocycles. The molecule has 1 aromatic carbocycles. The molecule has 2 aromatic rings. The van der Waals surface area contributed by atoms with E-state index < -0.39 is 0 Å². The van der Waals surface area contributed by atoms with Gasteiger partial charge in [-0.2, -0.15) is 0 Å². The average Bonchev–Trinajstić information content (AvgIpc) is 2.56.